The number of nitrogens with one attached hydrogen (secondary N) is 1. The molecule has 1 aromatic rings. The van der Waals surface area contributed by atoms with E-state index in [1.165, 1.54) is 0 Å². The molecule has 0 aliphatic heterocycles. The van der Waals surface area contributed by atoms with Gasteiger partial charge in [-0.15, -0.1) is 0 Å². The molecule has 1 aliphatic carbocycles. The van der Waals surface area contributed by atoms with Crippen molar-refractivity contribution in [3.8, 4) is 0 Å². The summed E-state index contributed by atoms with van der Waals surface area (Å²) in [5, 5.41) is 8.80. The van der Waals surface area contributed by atoms with Crippen molar-refractivity contribution in [1.29, 1.82) is 0 Å². The van der Waals surface area contributed by atoms with Gasteiger partial charge in [0.2, 0.25) is 10.0 Å². The van der Waals surface area contributed by atoms with Gasteiger partial charge in [0.15, 0.2) is 0 Å². The molecule has 2 N–H and O–H groups in total. The van der Waals surface area contributed by atoms with Crippen LogP contribution in [0.4, 0.5) is 5.69 Å². The van der Waals surface area contributed by atoms with Gasteiger partial charge in [-0.1, -0.05) is 12.1 Å². The SMILES string of the molecule is CCN(CCC(=O)O)c1ccccc1S(=O)(=O)NC1CC1. The molecule has 1 saturated carbocycles. The maximum absolute atomic E-state index is 12.4. The molecule has 0 saturated heterocycles. The third-order valence-electron chi connectivity index (χ3n) is 3.37. The largest absolute Gasteiger partial charge is 0.481 e. The maximum atomic E-state index is 12.4. The van der Waals surface area contributed by atoms with E-state index in [1.807, 2.05) is 6.92 Å². The van der Waals surface area contributed by atoms with Gasteiger partial charge < -0.3 is 10.0 Å². The minimum Gasteiger partial charge on any atom is -0.481 e. The molecule has 0 radical (unpaired) electrons. The summed E-state index contributed by atoms with van der Waals surface area (Å²) in [5.41, 5.74) is 0.550. The second-order valence-corrected chi connectivity index (χ2v) is 6.77. The summed E-state index contributed by atoms with van der Waals surface area (Å²) in [6.45, 7) is 2.70. The third kappa shape index (κ3) is 4.18. The first kappa shape index (κ1) is 15.8. The van der Waals surface area contributed by atoms with E-state index < -0.39 is 16.0 Å². The summed E-state index contributed by atoms with van der Waals surface area (Å²) in [7, 11) is -3.56. The Morgan fingerprint density at radius 1 is 1.38 bits per heavy atom. The first-order valence-corrected chi connectivity index (χ1v) is 8.50. The Morgan fingerprint density at radius 3 is 2.62 bits per heavy atom. The van der Waals surface area contributed by atoms with Crippen molar-refractivity contribution in [3.63, 3.8) is 0 Å². The molecule has 0 amide bonds. The van der Waals surface area contributed by atoms with E-state index in [1.54, 1.807) is 29.2 Å². The van der Waals surface area contributed by atoms with Crippen LogP contribution in [0.2, 0.25) is 0 Å². The van der Waals surface area contributed by atoms with Gasteiger partial charge in [0, 0.05) is 19.1 Å². The van der Waals surface area contributed by atoms with Gasteiger partial charge in [-0.05, 0) is 31.9 Å². The highest BCUT2D eigenvalue weighted by molar-refractivity contribution is 7.89. The predicted octanol–water partition coefficient (Wildman–Crippen LogP) is 1.43. The second-order valence-electron chi connectivity index (χ2n) is 5.09. The highest BCUT2D eigenvalue weighted by Gasteiger charge is 2.30. The van der Waals surface area contributed by atoms with E-state index in [0.717, 1.165) is 12.8 Å². The maximum Gasteiger partial charge on any atom is 0.305 e. The number of para-hydroxylation sites is 1. The Labute approximate surface area is 124 Å². The number of hydrogen-bond acceptors (Lipinski definition) is 4. The van der Waals surface area contributed by atoms with Crippen LogP contribution in [0.15, 0.2) is 29.2 Å². The van der Waals surface area contributed by atoms with Crippen molar-refractivity contribution in [2.75, 3.05) is 18.0 Å². The van der Waals surface area contributed by atoms with Crippen LogP contribution in [0.25, 0.3) is 0 Å². The number of rotatable bonds is 8. The van der Waals surface area contributed by atoms with E-state index in [0.29, 0.717) is 12.2 Å². The summed E-state index contributed by atoms with van der Waals surface area (Å²) in [6, 6.07) is 6.75. The van der Waals surface area contributed by atoms with Gasteiger partial charge in [-0.25, -0.2) is 13.1 Å². The summed E-state index contributed by atoms with van der Waals surface area (Å²) < 4.78 is 27.5. The fraction of sp³-hybridized carbons (Fsp3) is 0.500. The lowest BCUT2D eigenvalue weighted by molar-refractivity contribution is -0.136. The third-order valence-corrected chi connectivity index (χ3v) is 4.94. The second kappa shape index (κ2) is 6.44. The predicted molar refractivity (Wildman–Crippen MR) is 79.9 cm³/mol. The molecule has 0 atom stereocenters. The lowest BCUT2D eigenvalue weighted by Gasteiger charge is -2.25. The van der Waals surface area contributed by atoms with E-state index in [-0.39, 0.29) is 23.9 Å². The lowest BCUT2D eigenvalue weighted by Crippen LogP contribution is -2.31. The molecule has 7 heteroatoms. The van der Waals surface area contributed by atoms with Crippen LogP contribution in [0.5, 0.6) is 0 Å². The lowest BCUT2D eigenvalue weighted by atomic mass is 10.2. The van der Waals surface area contributed by atoms with Gasteiger partial charge in [0.25, 0.3) is 0 Å². The number of carboxylic acids is 1. The fourth-order valence-electron chi connectivity index (χ4n) is 2.11. The standard InChI is InChI=1S/C14H20N2O4S/c1-2-16(10-9-14(17)18)12-5-3-4-6-13(12)21(19,20)15-11-7-8-11/h3-6,11,15H,2,7-10H2,1H3,(H,17,18). The average Bonchev–Trinajstić information content (AvgIpc) is 3.23. The van der Waals surface area contributed by atoms with Crippen LogP contribution in [-0.2, 0) is 14.8 Å². The van der Waals surface area contributed by atoms with E-state index in [9.17, 15) is 13.2 Å². The molecule has 0 spiro atoms. The minimum absolute atomic E-state index is 0.0295. The quantitative estimate of drug-likeness (QED) is 0.758. The van der Waals surface area contributed by atoms with Gasteiger partial charge in [-0.2, -0.15) is 0 Å². The molecule has 21 heavy (non-hydrogen) atoms. The Kier molecular flexibility index (Phi) is 4.84. The van der Waals surface area contributed by atoms with E-state index in [2.05, 4.69) is 4.72 Å². The normalized spacial score (nSPS) is 14.9. The van der Waals surface area contributed by atoms with Crippen molar-refractivity contribution in [3.05, 3.63) is 24.3 Å². The number of carboxylic acid groups (broad SMARTS) is 1. The number of anilines is 1. The van der Waals surface area contributed by atoms with E-state index in [4.69, 9.17) is 5.11 Å². The highest BCUT2D eigenvalue weighted by atomic mass is 32.2. The highest BCUT2D eigenvalue weighted by Crippen LogP contribution is 2.28. The summed E-state index contributed by atoms with van der Waals surface area (Å²) in [4.78, 5) is 12.7. The summed E-state index contributed by atoms with van der Waals surface area (Å²) in [5.74, 6) is -0.898. The van der Waals surface area contributed by atoms with E-state index >= 15 is 0 Å². The number of hydrogen-bond donors (Lipinski definition) is 2. The molecule has 116 valence electrons. The smallest absolute Gasteiger partial charge is 0.305 e. The molecule has 2 rings (SSSR count). The van der Waals surface area contributed by atoms with Gasteiger partial charge in [-0.3, -0.25) is 4.79 Å². The minimum atomic E-state index is -3.56. The zero-order valence-corrected chi connectivity index (χ0v) is 12.8. The van der Waals surface area contributed by atoms with Crippen molar-refractivity contribution in [2.24, 2.45) is 0 Å². The van der Waals surface area contributed by atoms with Crippen LogP contribution < -0.4 is 9.62 Å². The molecule has 0 bridgehead atoms. The van der Waals surface area contributed by atoms with Crippen LogP contribution in [0.1, 0.15) is 26.2 Å². The summed E-state index contributed by atoms with van der Waals surface area (Å²) in [6.07, 6.45) is 1.72. The molecule has 0 heterocycles. The monoisotopic (exact) mass is 312 g/mol. The van der Waals surface area contributed by atoms with Gasteiger partial charge >= 0.3 is 5.97 Å². The number of aliphatic carboxylic acids is 1. The van der Waals surface area contributed by atoms with Crippen molar-refractivity contribution in [2.45, 2.75) is 37.1 Å². The van der Waals surface area contributed by atoms with Gasteiger partial charge in [0.1, 0.15) is 4.90 Å². The number of carbonyl (C=O) groups is 1. The Bertz CT molecular complexity index is 611. The van der Waals surface area contributed by atoms with Crippen molar-refractivity contribution >= 4 is 21.7 Å². The topological polar surface area (TPSA) is 86.7 Å². The van der Waals surface area contributed by atoms with Crippen LogP contribution in [0.3, 0.4) is 0 Å². The molecule has 1 aromatic carbocycles. The first-order valence-electron chi connectivity index (χ1n) is 7.02. The molecule has 0 unspecified atom stereocenters. The number of nitrogens with zero attached hydrogens (tertiary/aromatic N) is 1. The van der Waals surface area contributed by atoms with Gasteiger partial charge in [0.05, 0.1) is 12.1 Å². The summed E-state index contributed by atoms with van der Waals surface area (Å²) >= 11 is 0. The van der Waals surface area contributed by atoms with Crippen molar-refractivity contribution in [1.82, 2.24) is 4.72 Å². The molecular formula is C14H20N2O4S. The first-order chi connectivity index (χ1) is 9.94. The molecule has 0 aromatic heterocycles. The van der Waals surface area contributed by atoms with Crippen LogP contribution in [-0.4, -0.2) is 38.6 Å². The average molecular weight is 312 g/mol. The molecular weight excluding hydrogens is 292 g/mol. The van der Waals surface area contributed by atoms with Crippen LogP contribution in [0, 0.1) is 0 Å². The fourth-order valence-corrected chi connectivity index (χ4v) is 3.64. The Hall–Kier alpha value is -1.60. The molecule has 6 nitrogen and oxygen atoms in total. The molecule has 1 aliphatic rings. The zero-order chi connectivity index (χ0) is 15.5. The number of benzene rings is 1. The Morgan fingerprint density at radius 2 is 2.05 bits per heavy atom. The Balaban J connectivity index is 2.27. The van der Waals surface area contributed by atoms with Crippen LogP contribution >= 0.6 is 0 Å². The molecule has 1 fully saturated rings. The van der Waals surface area contributed by atoms with Crippen molar-refractivity contribution < 1.29 is 18.3 Å². The zero-order valence-electron chi connectivity index (χ0n) is 11.9. The number of sulfonamides is 1.